The summed E-state index contributed by atoms with van der Waals surface area (Å²) in [6.07, 6.45) is 1.81. The lowest BCUT2D eigenvalue weighted by molar-refractivity contribution is 0.288. The van der Waals surface area contributed by atoms with E-state index in [1.807, 2.05) is 0 Å². The first-order chi connectivity index (χ1) is 6.16. The molecular weight excluding hydrogens is 228 g/mol. The van der Waals surface area contributed by atoms with E-state index in [0.717, 1.165) is 17.3 Å². The second-order valence-electron chi connectivity index (χ2n) is 3.29. The fraction of sp³-hybridized carbons (Fsp3) is 0.455. The normalized spacial score (nSPS) is 10.5. The second-order valence-corrected chi connectivity index (χ2v) is 4.15. The van der Waals surface area contributed by atoms with Crippen LogP contribution in [0.3, 0.4) is 0 Å². The molecule has 0 bridgehead atoms. The fourth-order valence-electron chi connectivity index (χ4n) is 1.50. The molecule has 1 nitrogen and oxygen atoms in total. The summed E-state index contributed by atoms with van der Waals surface area (Å²) in [4.78, 5) is 0. The average Bonchev–Trinajstić information content (AvgIpc) is 2.12. The van der Waals surface area contributed by atoms with Gasteiger partial charge in [-0.3, -0.25) is 0 Å². The summed E-state index contributed by atoms with van der Waals surface area (Å²) in [5.41, 5.74) is 3.98. The first kappa shape index (κ1) is 10.7. The van der Waals surface area contributed by atoms with E-state index in [2.05, 4.69) is 41.9 Å². The number of aliphatic hydroxyl groups excluding tert-OH is 1. The molecule has 1 rings (SSSR count). The topological polar surface area (TPSA) is 20.2 Å². The molecule has 0 amide bonds. The molecule has 0 heterocycles. The molecule has 0 radical (unpaired) electrons. The standard InChI is InChI=1S/C11H15BrO/c1-8-5-6-11(12)9(2)10(8)4-3-7-13/h5-6,13H,3-4,7H2,1-2H3. The number of aliphatic hydroxyl groups is 1. The molecule has 0 fully saturated rings. The molecule has 0 aliphatic rings. The molecular formula is C11H15BrO. The van der Waals surface area contributed by atoms with E-state index in [9.17, 15) is 0 Å². The van der Waals surface area contributed by atoms with Gasteiger partial charge < -0.3 is 5.11 Å². The van der Waals surface area contributed by atoms with Crippen molar-refractivity contribution < 1.29 is 5.11 Å². The van der Waals surface area contributed by atoms with Gasteiger partial charge in [-0.2, -0.15) is 0 Å². The van der Waals surface area contributed by atoms with E-state index in [-0.39, 0.29) is 6.61 Å². The molecule has 0 aromatic heterocycles. The van der Waals surface area contributed by atoms with Crippen molar-refractivity contribution in [1.29, 1.82) is 0 Å². The van der Waals surface area contributed by atoms with Gasteiger partial charge in [-0.05, 0) is 49.4 Å². The van der Waals surface area contributed by atoms with Crippen molar-refractivity contribution in [2.45, 2.75) is 26.7 Å². The molecule has 0 saturated heterocycles. The highest BCUT2D eigenvalue weighted by molar-refractivity contribution is 9.10. The lowest BCUT2D eigenvalue weighted by Crippen LogP contribution is -1.96. The van der Waals surface area contributed by atoms with E-state index in [1.165, 1.54) is 16.7 Å². The second kappa shape index (κ2) is 4.77. The first-order valence-corrected chi connectivity index (χ1v) is 5.31. The van der Waals surface area contributed by atoms with Crippen LogP contribution in [0.2, 0.25) is 0 Å². The maximum Gasteiger partial charge on any atom is 0.0434 e. The highest BCUT2D eigenvalue weighted by Crippen LogP contribution is 2.23. The quantitative estimate of drug-likeness (QED) is 0.865. The van der Waals surface area contributed by atoms with Gasteiger partial charge in [0.25, 0.3) is 0 Å². The van der Waals surface area contributed by atoms with E-state index in [0.29, 0.717) is 0 Å². The molecule has 0 spiro atoms. The molecule has 0 aliphatic heterocycles. The zero-order valence-electron chi connectivity index (χ0n) is 8.10. The van der Waals surface area contributed by atoms with Gasteiger partial charge in [-0.15, -0.1) is 0 Å². The summed E-state index contributed by atoms with van der Waals surface area (Å²) in [6, 6.07) is 4.19. The predicted octanol–water partition coefficient (Wildman–Crippen LogP) is 2.99. The predicted molar refractivity (Wildman–Crippen MR) is 59.0 cm³/mol. The van der Waals surface area contributed by atoms with Crippen molar-refractivity contribution in [1.82, 2.24) is 0 Å². The molecule has 0 atom stereocenters. The van der Waals surface area contributed by atoms with Crippen LogP contribution in [0.15, 0.2) is 16.6 Å². The number of rotatable bonds is 3. The summed E-state index contributed by atoms with van der Waals surface area (Å²) < 4.78 is 1.16. The van der Waals surface area contributed by atoms with E-state index in [1.54, 1.807) is 0 Å². The van der Waals surface area contributed by atoms with Crippen LogP contribution in [0.5, 0.6) is 0 Å². The number of aryl methyl sites for hydroxylation is 1. The van der Waals surface area contributed by atoms with Crippen molar-refractivity contribution in [3.63, 3.8) is 0 Å². The fourth-order valence-corrected chi connectivity index (χ4v) is 1.88. The number of halogens is 1. The van der Waals surface area contributed by atoms with Crippen LogP contribution < -0.4 is 0 Å². The largest absolute Gasteiger partial charge is 0.396 e. The van der Waals surface area contributed by atoms with Gasteiger partial charge in [-0.1, -0.05) is 22.0 Å². The number of hydrogen-bond donors (Lipinski definition) is 1. The van der Waals surface area contributed by atoms with Gasteiger partial charge in [-0.25, -0.2) is 0 Å². The maximum absolute atomic E-state index is 8.77. The van der Waals surface area contributed by atoms with Crippen LogP contribution in [-0.4, -0.2) is 11.7 Å². The van der Waals surface area contributed by atoms with Crippen LogP contribution in [0.1, 0.15) is 23.1 Å². The zero-order valence-corrected chi connectivity index (χ0v) is 9.69. The Labute approximate surface area is 87.9 Å². The van der Waals surface area contributed by atoms with E-state index in [4.69, 9.17) is 5.11 Å². The molecule has 1 N–H and O–H groups in total. The third-order valence-corrected chi connectivity index (χ3v) is 3.21. The van der Waals surface area contributed by atoms with Crippen LogP contribution in [-0.2, 0) is 6.42 Å². The summed E-state index contributed by atoms with van der Waals surface area (Å²) >= 11 is 3.51. The molecule has 0 saturated carbocycles. The Morgan fingerprint density at radius 2 is 2.00 bits per heavy atom. The Morgan fingerprint density at radius 3 is 2.62 bits per heavy atom. The maximum atomic E-state index is 8.77. The van der Waals surface area contributed by atoms with Gasteiger partial charge >= 0.3 is 0 Å². The first-order valence-electron chi connectivity index (χ1n) is 4.52. The molecule has 0 aliphatic carbocycles. The zero-order chi connectivity index (χ0) is 9.84. The van der Waals surface area contributed by atoms with E-state index >= 15 is 0 Å². The Kier molecular flexibility index (Phi) is 3.94. The number of hydrogen-bond acceptors (Lipinski definition) is 1. The minimum absolute atomic E-state index is 0.269. The summed E-state index contributed by atoms with van der Waals surface area (Å²) in [6.45, 7) is 4.50. The average molecular weight is 243 g/mol. The molecule has 2 heteroatoms. The SMILES string of the molecule is Cc1ccc(Br)c(C)c1CCCO. The summed E-state index contributed by atoms with van der Waals surface area (Å²) in [5.74, 6) is 0. The lowest BCUT2D eigenvalue weighted by atomic mass is 9.99. The van der Waals surface area contributed by atoms with Crippen molar-refractivity contribution in [3.05, 3.63) is 33.3 Å². The van der Waals surface area contributed by atoms with Gasteiger partial charge in [0.1, 0.15) is 0 Å². The van der Waals surface area contributed by atoms with Crippen LogP contribution in [0.25, 0.3) is 0 Å². The lowest BCUT2D eigenvalue weighted by Gasteiger charge is -2.10. The molecule has 1 aromatic carbocycles. The molecule has 13 heavy (non-hydrogen) atoms. The summed E-state index contributed by atoms with van der Waals surface area (Å²) in [5, 5.41) is 8.77. The third-order valence-electron chi connectivity index (χ3n) is 2.35. The Bertz CT molecular complexity index is 294. The number of benzene rings is 1. The van der Waals surface area contributed by atoms with Gasteiger partial charge in [0.15, 0.2) is 0 Å². The highest BCUT2D eigenvalue weighted by atomic mass is 79.9. The van der Waals surface area contributed by atoms with Crippen molar-refractivity contribution in [2.75, 3.05) is 6.61 Å². The molecule has 0 unspecified atom stereocenters. The Balaban J connectivity index is 2.96. The van der Waals surface area contributed by atoms with E-state index < -0.39 is 0 Å². The van der Waals surface area contributed by atoms with Crippen LogP contribution in [0.4, 0.5) is 0 Å². The smallest absolute Gasteiger partial charge is 0.0434 e. The van der Waals surface area contributed by atoms with Crippen LogP contribution in [0, 0.1) is 13.8 Å². The monoisotopic (exact) mass is 242 g/mol. The van der Waals surface area contributed by atoms with Crippen molar-refractivity contribution in [3.8, 4) is 0 Å². The molecule has 1 aromatic rings. The van der Waals surface area contributed by atoms with Gasteiger partial charge in [0, 0.05) is 11.1 Å². The highest BCUT2D eigenvalue weighted by Gasteiger charge is 2.04. The minimum atomic E-state index is 0.269. The van der Waals surface area contributed by atoms with Crippen molar-refractivity contribution >= 4 is 15.9 Å². The van der Waals surface area contributed by atoms with Crippen LogP contribution >= 0.6 is 15.9 Å². The van der Waals surface area contributed by atoms with Gasteiger partial charge in [0.05, 0.1) is 0 Å². The summed E-state index contributed by atoms with van der Waals surface area (Å²) in [7, 11) is 0. The Morgan fingerprint density at radius 1 is 1.31 bits per heavy atom. The van der Waals surface area contributed by atoms with Crippen molar-refractivity contribution in [2.24, 2.45) is 0 Å². The van der Waals surface area contributed by atoms with Gasteiger partial charge in [0.2, 0.25) is 0 Å². The Hall–Kier alpha value is -0.340. The molecule has 72 valence electrons. The minimum Gasteiger partial charge on any atom is -0.396 e. The third kappa shape index (κ3) is 2.55.